The van der Waals surface area contributed by atoms with Gasteiger partial charge in [-0.1, -0.05) is 45.0 Å². The van der Waals surface area contributed by atoms with Gasteiger partial charge in [0.25, 0.3) is 5.91 Å². The zero-order chi connectivity index (χ0) is 18.4. The zero-order valence-electron chi connectivity index (χ0n) is 14.7. The summed E-state index contributed by atoms with van der Waals surface area (Å²) in [4.78, 5) is 12.6. The van der Waals surface area contributed by atoms with Crippen LogP contribution in [0.15, 0.2) is 53.4 Å². The molecular weight excluding hydrogens is 336 g/mol. The molecule has 0 saturated carbocycles. The van der Waals surface area contributed by atoms with Crippen molar-refractivity contribution in [1.82, 2.24) is 4.72 Å². The summed E-state index contributed by atoms with van der Waals surface area (Å²) in [6.45, 7) is 6.36. The lowest BCUT2D eigenvalue weighted by Crippen LogP contribution is -2.24. The van der Waals surface area contributed by atoms with Crippen molar-refractivity contribution in [3.05, 3.63) is 59.7 Å². The molecule has 0 aliphatic carbocycles. The van der Waals surface area contributed by atoms with Gasteiger partial charge in [-0.3, -0.25) is 4.79 Å². The molecule has 6 heteroatoms. The number of carbonyl (C=O) groups is 1. The first kappa shape index (κ1) is 19.1. The number of anilines is 1. The Labute approximate surface area is 149 Å². The van der Waals surface area contributed by atoms with Gasteiger partial charge in [0.2, 0.25) is 10.0 Å². The quantitative estimate of drug-likeness (QED) is 0.789. The normalized spacial score (nSPS) is 11.5. The SMILES string of the molecule is CCCNS(=O)(=O)c1cccc(C(=O)Nc2ccccc2C(C)C)c1. The number of sulfonamides is 1. The highest BCUT2D eigenvalue weighted by Crippen LogP contribution is 2.24. The molecule has 0 aliphatic heterocycles. The van der Waals surface area contributed by atoms with Crippen molar-refractivity contribution in [1.29, 1.82) is 0 Å². The van der Waals surface area contributed by atoms with E-state index in [0.717, 1.165) is 11.3 Å². The highest BCUT2D eigenvalue weighted by molar-refractivity contribution is 7.89. The number of hydrogen-bond donors (Lipinski definition) is 2. The van der Waals surface area contributed by atoms with E-state index in [9.17, 15) is 13.2 Å². The van der Waals surface area contributed by atoms with Crippen molar-refractivity contribution in [2.24, 2.45) is 0 Å². The van der Waals surface area contributed by atoms with Crippen LogP contribution in [0.3, 0.4) is 0 Å². The van der Waals surface area contributed by atoms with Gasteiger partial charge < -0.3 is 5.32 Å². The number of para-hydroxylation sites is 1. The molecule has 0 radical (unpaired) electrons. The molecule has 2 N–H and O–H groups in total. The third-order valence-electron chi connectivity index (χ3n) is 3.78. The lowest BCUT2D eigenvalue weighted by Gasteiger charge is -2.14. The Morgan fingerprint density at radius 1 is 1.08 bits per heavy atom. The summed E-state index contributed by atoms with van der Waals surface area (Å²) < 4.78 is 27.0. The Hall–Kier alpha value is -2.18. The standard InChI is InChI=1S/C19H24N2O3S/c1-4-12-20-25(23,24)16-9-7-8-15(13-16)19(22)21-18-11-6-5-10-17(18)14(2)3/h5-11,13-14,20H,4,12H2,1-3H3,(H,21,22). The van der Waals surface area contributed by atoms with E-state index in [2.05, 4.69) is 23.9 Å². The molecule has 0 saturated heterocycles. The average molecular weight is 360 g/mol. The van der Waals surface area contributed by atoms with Gasteiger partial charge in [-0.05, 0) is 42.2 Å². The molecule has 134 valence electrons. The van der Waals surface area contributed by atoms with Crippen LogP contribution >= 0.6 is 0 Å². The van der Waals surface area contributed by atoms with Gasteiger partial charge in [0.05, 0.1) is 4.90 Å². The topological polar surface area (TPSA) is 75.3 Å². The minimum Gasteiger partial charge on any atom is -0.322 e. The Balaban J connectivity index is 2.25. The molecule has 2 aromatic rings. The summed E-state index contributed by atoms with van der Waals surface area (Å²) in [6.07, 6.45) is 0.700. The number of carbonyl (C=O) groups excluding carboxylic acids is 1. The molecule has 0 spiro atoms. The summed E-state index contributed by atoms with van der Waals surface area (Å²) in [5, 5.41) is 2.88. The number of hydrogen-bond acceptors (Lipinski definition) is 3. The van der Waals surface area contributed by atoms with Crippen molar-refractivity contribution in [2.45, 2.75) is 38.0 Å². The molecule has 0 fully saturated rings. The van der Waals surface area contributed by atoms with Gasteiger partial charge in [-0.15, -0.1) is 0 Å². The molecule has 0 aromatic heterocycles. The Morgan fingerprint density at radius 2 is 1.80 bits per heavy atom. The fraction of sp³-hybridized carbons (Fsp3) is 0.316. The summed E-state index contributed by atoms with van der Waals surface area (Å²) in [5.41, 5.74) is 2.07. The smallest absolute Gasteiger partial charge is 0.255 e. The first-order valence-electron chi connectivity index (χ1n) is 8.35. The number of nitrogens with one attached hydrogen (secondary N) is 2. The zero-order valence-corrected chi connectivity index (χ0v) is 15.6. The van der Waals surface area contributed by atoms with Crippen LogP contribution in [0, 0.1) is 0 Å². The van der Waals surface area contributed by atoms with Crippen LogP contribution in [-0.4, -0.2) is 20.9 Å². The summed E-state index contributed by atoms with van der Waals surface area (Å²) in [5.74, 6) is -0.0675. The van der Waals surface area contributed by atoms with Gasteiger partial charge >= 0.3 is 0 Å². The number of rotatable bonds is 7. The Morgan fingerprint density at radius 3 is 2.48 bits per heavy atom. The van der Waals surface area contributed by atoms with Gasteiger partial charge in [0, 0.05) is 17.8 Å². The third-order valence-corrected chi connectivity index (χ3v) is 5.24. The molecule has 0 bridgehead atoms. The van der Waals surface area contributed by atoms with E-state index < -0.39 is 10.0 Å². The molecule has 0 atom stereocenters. The van der Waals surface area contributed by atoms with Gasteiger partial charge in [0.1, 0.15) is 0 Å². The van der Waals surface area contributed by atoms with Gasteiger partial charge in [0.15, 0.2) is 0 Å². The second kappa shape index (κ2) is 8.27. The highest BCUT2D eigenvalue weighted by atomic mass is 32.2. The Bertz CT molecular complexity index is 845. The van der Waals surface area contributed by atoms with Crippen LogP contribution in [0.25, 0.3) is 0 Å². The van der Waals surface area contributed by atoms with E-state index in [1.807, 2.05) is 31.2 Å². The van der Waals surface area contributed by atoms with E-state index in [4.69, 9.17) is 0 Å². The summed E-state index contributed by atoms with van der Waals surface area (Å²) in [6, 6.07) is 13.7. The maximum absolute atomic E-state index is 12.6. The number of amides is 1. The van der Waals surface area contributed by atoms with E-state index in [0.29, 0.717) is 18.5 Å². The maximum atomic E-state index is 12.6. The number of benzene rings is 2. The Kier molecular flexibility index (Phi) is 6.33. The van der Waals surface area contributed by atoms with Gasteiger partial charge in [-0.2, -0.15) is 0 Å². The van der Waals surface area contributed by atoms with Gasteiger partial charge in [-0.25, -0.2) is 13.1 Å². The lowest BCUT2D eigenvalue weighted by molar-refractivity contribution is 0.102. The second-order valence-electron chi connectivity index (χ2n) is 6.12. The molecule has 0 unspecified atom stereocenters. The van der Waals surface area contributed by atoms with Crippen LogP contribution in [0.1, 0.15) is 49.0 Å². The van der Waals surface area contributed by atoms with Crippen molar-refractivity contribution in [3.8, 4) is 0 Å². The van der Waals surface area contributed by atoms with Crippen molar-refractivity contribution < 1.29 is 13.2 Å². The maximum Gasteiger partial charge on any atom is 0.255 e. The van der Waals surface area contributed by atoms with Crippen molar-refractivity contribution >= 4 is 21.6 Å². The first-order valence-corrected chi connectivity index (χ1v) is 9.83. The fourth-order valence-electron chi connectivity index (χ4n) is 2.43. The molecule has 2 aromatic carbocycles. The second-order valence-corrected chi connectivity index (χ2v) is 7.89. The summed E-state index contributed by atoms with van der Waals surface area (Å²) >= 11 is 0. The molecular formula is C19H24N2O3S. The van der Waals surface area contributed by atoms with Crippen LogP contribution < -0.4 is 10.0 Å². The molecule has 0 heterocycles. The van der Waals surface area contributed by atoms with Crippen molar-refractivity contribution in [2.75, 3.05) is 11.9 Å². The predicted molar refractivity (Wildman–Crippen MR) is 100 cm³/mol. The largest absolute Gasteiger partial charge is 0.322 e. The van der Waals surface area contributed by atoms with Crippen molar-refractivity contribution in [3.63, 3.8) is 0 Å². The van der Waals surface area contributed by atoms with Crippen LogP contribution in [0.4, 0.5) is 5.69 Å². The van der Waals surface area contributed by atoms with E-state index in [1.54, 1.807) is 12.1 Å². The van der Waals surface area contributed by atoms with E-state index >= 15 is 0 Å². The summed E-state index contributed by atoms with van der Waals surface area (Å²) in [7, 11) is -3.60. The molecule has 25 heavy (non-hydrogen) atoms. The monoisotopic (exact) mass is 360 g/mol. The van der Waals surface area contributed by atoms with Crippen LogP contribution in [0.5, 0.6) is 0 Å². The van der Waals surface area contributed by atoms with E-state index in [1.165, 1.54) is 12.1 Å². The lowest BCUT2D eigenvalue weighted by atomic mass is 10.0. The molecule has 1 amide bonds. The highest BCUT2D eigenvalue weighted by Gasteiger charge is 2.16. The average Bonchev–Trinajstić information content (AvgIpc) is 2.60. The third kappa shape index (κ3) is 4.90. The van der Waals surface area contributed by atoms with Crippen LogP contribution in [0.2, 0.25) is 0 Å². The van der Waals surface area contributed by atoms with E-state index in [-0.39, 0.29) is 16.7 Å². The van der Waals surface area contributed by atoms with Crippen LogP contribution in [-0.2, 0) is 10.0 Å². The predicted octanol–water partition coefficient (Wildman–Crippen LogP) is 3.75. The molecule has 2 rings (SSSR count). The minimum absolute atomic E-state index is 0.0887. The molecule has 0 aliphatic rings. The first-order chi connectivity index (χ1) is 11.8. The molecule has 5 nitrogen and oxygen atoms in total. The minimum atomic E-state index is -3.60. The fourth-order valence-corrected chi connectivity index (χ4v) is 3.61.